The van der Waals surface area contributed by atoms with Crippen molar-refractivity contribution in [2.45, 2.75) is 25.9 Å². The summed E-state index contributed by atoms with van der Waals surface area (Å²) in [4.78, 5) is 27.2. The van der Waals surface area contributed by atoms with Crippen molar-refractivity contribution in [3.63, 3.8) is 0 Å². The molecule has 0 saturated carbocycles. The molecule has 0 radical (unpaired) electrons. The molecule has 1 saturated heterocycles. The minimum Gasteiger partial charge on any atom is -0.376 e. The summed E-state index contributed by atoms with van der Waals surface area (Å²) in [6, 6.07) is 4.53. The lowest BCUT2D eigenvalue weighted by atomic mass is 10.1. The van der Waals surface area contributed by atoms with E-state index in [1.165, 1.54) is 12.1 Å². The van der Waals surface area contributed by atoms with Crippen LogP contribution in [0, 0.1) is 17.0 Å². The fraction of sp³-hybridized carbons (Fsp3) is 0.588. The Morgan fingerprint density at radius 1 is 1.38 bits per heavy atom. The Hall–Kier alpha value is -1.99. The summed E-state index contributed by atoms with van der Waals surface area (Å²) in [6.45, 7) is 4.31. The number of hydrogen-bond acceptors (Lipinski definition) is 5. The predicted molar refractivity (Wildman–Crippen MR) is 91.3 cm³/mol. The van der Waals surface area contributed by atoms with Crippen molar-refractivity contribution in [2.75, 3.05) is 40.3 Å². The largest absolute Gasteiger partial charge is 0.376 e. The number of ether oxygens (including phenoxy) is 1. The van der Waals surface area contributed by atoms with Crippen LogP contribution in [0.1, 0.15) is 28.8 Å². The number of nitro benzene ring substituents is 1. The molecule has 1 aromatic rings. The number of hydrogen-bond donors (Lipinski definition) is 0. The summed E-state index contributed by atoms with van der Waals surface area (Å²) in [7, 11) is 3.93. The summed E-state index contributed by atoms with van der Waals surface area (Å²) in [5.41, 5.74) is 1.01. The quantitative estimate of drug-likeness (QED) is 0.563. The van der Waals surface area contributed by atoms with Gasteiger partial charge in [-0.1, -0.05) is 0 Å². The fourth-order valence-corrected chi connectivity index (χ4v) is 2.81. The molecule has 0 unspecified atom stereocenters. The molecule has 2 rings (SSSR count). The summed E-state index contributed by atoms with van der Waals surface area (Å²) in [5, 5.41) is 10.9. The van der Waals surface area contributed by atoms with Crippen LogP contribution in [0.25, 0.3) is 0 Å². The number of nitro groups is 1. The molecule has 0 N–H and O–H groups in total. The summed E-state index contributed by atoms with van der Waals surface area (Å²) < 4.78 is 5.65. The average molecular weight is 335 g/mol. The van der Waals surface area contributed by atoms with E-state index in [2.05, 4.69) is 0 Å². The van der Waals surface area contributed by atoms with Crippen molar-refractivity contribution in [1.82, 2.24) is 9.80 Å². The molecule has 1 atom stereocenters. The number of carbonyl (C=O) groups excluding carboxylic acids is 1. The zero-order valence-electron chi connectivity index (χ0n) is 14.5. The van der Waals surface area contributed by atoms with Crippen LogP contribution in [0.2, 0.25) is 0 Å². The maximum absolute atomic E-state index is 12.9. The minimum absolute atomic E-state index is 0.0329. The molecule has 1 amide bonds. The van der Waals surface area contributed by atoms with E-state index in [-0.39, 0.29) is 17.7 Å². The Morgan fingerprint density at radius 2 is 2.12 bits per heavy atom. The van der Waals surface area contributed by atoms with Crippen LogP contribution in [0.5, 0.6) is 0 Å². The highest BCUT2D eigenvalue weighted by Crippen LogP contribution is 2.21. The second-order valence-electron chi connectivity index (χ2n) is 6.45. The highest BCUT2D eigenvalue weighted by molar-refractivity contribution is 5.94. The lowest BCUT2D eigenvalue weighted by Gasteiger charge is -2.27. The van der Waals surface area contributed by atoms with Crippen molar-refractivity contribution in [1.29, 1.82) is 0 Å². The Morgan fingerprint density at radius 3 is 2.67 bits per heavy atom. The van der Waals surface area contributed by atoms with Gasteiger partial charge in [-0.25, -0.2) is 0 Å². The number of amides is 1. The van der Waals surface area contributed by atoms with Gasteiger partial charge in [0.25, 0.3) is 11.6 Å². The van der Waals surface area contributed by atoms with Gasteiger partial charge in [0.15, 0.2) is 0 Å². The fourth-order valence-electron chi connectivity index (χ4n) is 2.81. The number of likely N-dealkylation sites (N-methyl/N-ethyl adjacent to an activating group) is 1. The van der Waals surface area contributed by atoms with Gasteiger partial charge in [-0.05, 0) is 46.0 Å². The first-order valence-corrected chi connectivity index (χ1v) is 8.19. The first-order valence-electron chi connectivity index (χ1n) is 8.19. The average Bonchev–Trinajstić information content (AvgIpc) is 3.03. The van der Waals surface area contributed by atoms with Crippen LogP contribution >= 0.6 is 0 Å². The van der Waals surface area contributed by atoms with E-state index in [1.54, 1.807) is 17.9 Å². The van der Waals surface area contributed by atoms with Crippen LogP contribution in [-0.4, -0.2) is 67.1 Å². The van der Waals surface area contributed by atoms with E-state index in [0.717, 1.165) is 26.0 Å². The summed E-state index contributed by atoms with van der Waals surface area (Å²) >= 11 is 0. The third kappa shape index (κ3) is 4.75. The van der Waals surface area contributed by atoms with Crippen molar-refractivity contribution >= 4 is 11.6 Å². The lowest BCUT2D eigenvalue weighted by molar-refractivity contribution is -0.385. The molecule has 1 aliphatic rings. The van der Waals surface area contributed by atoms with E-state index in [4.69, 9.17) is 4.74 Å². The molecule has 1 aliphatic heterocycles. The molecule has 0 aromatic heterocycles. The summed E-state index contributed by atoms with van der Waals surface area (Å²) in [5.74, 6) is -0.106. The minimum atomic E-state index is -0.431. The van der Waals surface area contributed by atoms with Gasteiger partial charge in [-0.2, -0.15) is 0 Å². The topological polar surface area (TPSA) is 75.9 Å². The molecule has 7 heteroatoms. The van der Waals surface area contributed by atoms with Gasteiger partial charge < -0.3 is 14.5 Å². The number of carbonyl (C=O) groups is 1. The normalized spacial score (nSPS) is 17.2. The number of nitrogens with zero attached hydrogens (tertiary/aromatic N) is 3. The number of aryl methyl sites for hydroxylation is 1. The number of rotatable bonds is 7. The standard InChI is InChI=1S/C17H25N3O4/c1-13-11-14(6-7-16(13)20(22)23)17(21)19(9-8-18(2)3)12-15-5-4-10-24-15/h6-7,11,15H,4-5,8-10,12H2,1-3H3/t15-/m1/s1. The third-order valence-corrected chi connectivity index (χ3v) is 4.19. The van der Waals surface area contributed by atoms with Crippen LogP contribution in [0.3, 0.4) is 0 Å². The molecular formula is C17H25N3O4. The highest BCUT2D eigenvalue weighted by atomic mass is 16.6. The molecule has 0 aliphatic carbocycles. The maximum Gasteiger partial charge on any atom is 0.272 e. The van der Waals surface area contributed by atoms with E-state index >= 15 is 0 Å². The van der Waals surface area contributed by atoms with Crippen LogP contribution in [0.15, 0.2) is 18.2 Å². The third-order valence-electron chi connectivity index (χ3n) is 4.19. The van der Waals surface area contributed by atoms with Gasteiger partial charge in [0.2, 0.25) is 0 Å². The predicted octanol–water partition coefficient (Wildman–Crippen LogP) is 2.09. The van der Waals surface area contributed by atoms with Gasteiger partial charge in [-0.15, -0.1) is 0 Å². The monoisotopic (exact) mass is 335 g/mol. The van der Waals surface area contributed by atoms with Gasteiger partial charge in [0.1, 0.15) is 0 Å². The first-order chi connectivity index (χ1) is 11.4. The van der Waals surface area contributed by atoms with Crippen LogP contribution in [0.4, 0.5) is 5.69 Å². The van der Waals surface area contributed by atoms with Gasteiger partial charge >= 0.3 is 0 Å². The number of benzene rings is 1. The van der Waals surface area contributed by atoms with E-state index < -0.39 is 4.92 Å². The Kier molecular flexibility index (Phi) is 6.28. The van der Waals surface area contributed by atoms with Gasteiger partial charge in [-0.3, -0.25) is 14.9 Å². The van der Waals surface area contributed by atoms with Crippen molar-refractivity contribution in [3.05, 3.63) is 39.4 Å². The van der Waals surface area contributed by atoms with Crippen molar-refractivity contribution in [2.24, 2.45) is 0 Å². The molecule has 132 valence electrons. The molecule has 7 nitrogen and oxygen atoms in total. The molecule has 1 fully saturated rings. The molecule has 24 heavy (non-hydrogen) atoms. The second-order valence-corrected chi connectivity index (χ2v) is 6.45. The Balaban J connectivity index is 2.15. The van der Waals surface area contributed by atoms with Gasteiger partial charge in [0.05, 0.1) is 11.0 Å². The molecule has 1 aromatic carbocycles. The zero-order chi connectivity index (χ0) is 17.7. The van der Waals surface area contributed by atoms with E-state index in [9.17, 15) is 14.9 Å². The molecule has 0 bridgehead atoms. The zero-order valence-corrected chi connectivity index (χ0v) is 14.5. The first kappa shape index (κ1) is 18.4. The molecule has 0 spiro atoms. The van der Waals surface area contributed by atoms with E-state index in [0.29, 0.717) is 24.2 Å². The smallest absolute Gasteiger partial charge is 0.272 e. The Bertz CT molecular complexity index is 597. The maximum atomic E-state index is 12.9. The van der Waals surface area contributed by atoms with Crippen LogP contribution < -0.4 is 0 Å². The van der Waals surface area contributed by atoms with E-state index in [1.807, 2.05) is 19.0 Å². The van der Waals surface area contributed by atoms with Gasteiger partial charge in [0, 0.05) is 43.4 Å². The Labute approximate surface area is 142 Å². The van der Waals surface area contributed by atoms with Crippen molar-refractivity contribution in [3.8, 4) is 0 Å². The second kappa shape index (κ2) is 8.21. The van der Waals surface area contributed by atoms with Crippen molar-refractivity contribution < 1.29 is 14.5 Å². The van der Waals surface area contributed by atoms with Crippen LogP contribution in [-0.2, 0) is 4.74 Å². The highest BCUT2D eigenvalue weighted by Gasteiger charge is 2.24. The molecular weight excluding hydrogens is 310 g/mol. The SMILES string of the molecule is Cc1cc(C(=O)N(CCN(C)C)C[C@H]2CCCO2)ccc1[N+](=O)[O-]. The summed E-state index contributed by atoms with van der Waals surface area (Å²) in [6.07, 6.45) is 2.07. The lowest BCUT2D eigenvalue weighted by Crippen LogP contribution is -2.41. The molecule has 1 heterocycles.